The Hall–Kier alpha value is -1.84. The molecule has 4 nitrogen and oxygen atoms in total. The molecule has 2 aromatic rings. The number of para-hydroxylation sites is 1. The molecule has 20 heavy (non-hydrogen) atoms. The number of likely N-dealkylation sites (tertiary alicyclic amines) is 1. The first-order chi connectivity index (χ1) is 9.84. The minimum atomic E-state index is 0.270. The molecule has 0 radical (unpaired) electrons. The van der Waals surface area contributed by atoms with Crippen molar-refractivity contribution in [3.8, 4) is 0 Å². The normalized spacial score (nSPS) is 16.3. The molecule has 1 aliphatic rings. The van der Waals surface area contributed by atoms with Crippen molar-refractivity contribution >= 4 is 16.8 Å². The van der Waals surface area contributed by atoms with E-state index in [1.54, 1.807) is 0 Å². The van der Waals surface area contributed by atoms with E-state index in [1.165, 1.54) is 12.8 Å². The maximum atomic E-state index is 12.3. The van der Waals surface area contributed by atoms with Gasteiger partial charge in [-0.3, -0.25) is 9.48 Å². The third kappa shape index (κ3) is 2.84. The lowest BCUT2D eigenvalue weighted by Crippen LogP contribution is -2.32. The highest BCUT2D eigenvalue weighted by atomic mass is 16.2. The van der Waals surface area contributed by atoms with E-state index in [2.05, 4.69) is 17.2 Å². The Morgan fingerprint density at radius 2 is 1.85 bits per heavy atom. The summed E-state index contributed by atoms with van der Waals surface area (Å²) in [6.07, 6.45) is 7.23. The van der Waals surface area contributed by atoms with E-state index < -0.39 is 0 Å². The molecule has 0 bridgehead atoms. The molecule has 0 saturated carbocycles. The van der Waals surface area contributed by atoms with Crippen LogP contribution in [-0.4, -0.2) is 33.7 Å². The van der Waals surface area contributed by atoms with Crippen LogP contribution in [0, 0.1) is 0 Å². The number of nitrogens with zero attached hydrogens (tertiary/aromatic N) is 3. The Bertz CT molecular complexity index is 582. The number of benzene rings is 1. The summed E-state index contributed by atoms with van der Waals surface area (Å²) < 4.78 is 1.94. The van der Waals surface area contributed by atoms with E-state index in [1.807, 2.05) is 27.9 Å². The highest BCUT2D eigenvalue weighted by molar-refractivity contribution is 5.79. The van der Waals surface area contributed by atoms with Gasteiger partial charge in [0.2, 0.25) is 5.91 Å². The van der Waals surface area contributed by atoms with Crippen molar-refractivity contribution in [2.75, 3.05) is 13.1 Å². The van der Waals surface area contributed by atoms with Crippen LogP contribution in [0.2, 0.25) is 0 Å². The van der Waals surface area contributed by atoms with Gasteiger partial charge in [-0.15, -0.1) is 0 Å². The second kappa shape index (κ2) is 6.07. The highest BCUT2D eigenvalue weighted by Gasteiger charge is 2.15. The first kappa shape index (κ1) is 13.2. The fraction of sp³-hybridized carbons (Fsp3) is 0.500. The molecule has 3 rings (SSSR count). The minimum Gasteiger partial charge on any atom is -0.343 e. The number of fused-ring (bicyclic) bond motifs is 1. The van der Waals surface area contributed by atoms with Gasteiger partial charge < -0.3 is 4.90 Å². The molecule has 1 aromatic carbocycles. The van der Waals surface area contributed by atoms with Crippen LogP contribution in [-0.2, 0) is 11.3 Å². The largest absolute Gasteiger partial charge is 0.343 e. The summed E-state index contributed by atoms with van der Waals surface area (Å²) in [5.41, 5.74) is 1.11. The fourth-order valence-electron chi connectivity index (χ4n) is 2.88. The number of hydrogen-bond acceptors (Lipinski definition) is 2. The van der Waals surface area contributed by atoms with Crippen LogP contribution >= 0.6 is 0 Å². The number of hydrogen-bond donors (Lipinski definition) is 0. The van der Waals surface area contributed by atoms with Gasteiger partial charge in [0.25, 0.3) is 0 Å². The Kier molecular flexibility index (Phi) is 4.00. The molecule has 0 atom stereocenters. The standard InChI is InChI=1S/C16H21N3O/c20-16(18-10-5-1-2-6-11-18)9-12-19-15-8-4-3-7-14(15)13-17-19/h3-4,7-8,13H,1-2,5-6,9-12H2. The van der Waals surface area contributed by atoms with Gasteiger partial charge >= 0.3 is 0 Å². The topological polar surface area (TPSA) is 38.1 Å². The van der Waals surface area contributed by atoms with Crippen LogP contribution in [0.15, 0.2) is 30.5 Å². The van der Waals surface area contributed by atoms with Gasteiger partial charge in [-0.2, -0.15) is 5.10 Å². The smallest absolute Gasteiger partial charge is 0.224 e. The predicted octanol–water partition coefficient (Wildman–Crippen LogP) is 2.83. The van der Waals surface area contributed by atoms with Crippen LogP contribution in [0.1, 0.15) is 32.1 Å². The Labute approximate surface area is 119 Å². The van der Waals surface area contributed by atoms with Crippen molar-refractivity contribution in [2.45, 2.75) is 38.6 Å². The second-order valence-corrected chi connectivity index (χ2v) is 5.47. The third-order valence-electron chi connectivity index (χ3n) is 4.05. The van der Waals surface area contributed by atoms with Crippen LogP contribution < -0.4 is 0 Å². The van der Waals surface area contributed by atoms with E-state index in [4.69, 9.17) is 0 Å². The molecule has 1 aromatic heterocycles. The van der Waals surface area contributed by atoms with Gasteiger partial charge in [-0.1, -0.05) is 31.0 Å². The SMILES string of the molecule is O=C(CCn1ncc2ccccc21)N1CCCCCC1. The number of amides is 1. The lowest BCUT2D eigenvalue weighted by atomic mass is 10.2. The molecule has 4 heteroatoms. The molecular weight excluding hydrogens is 250 g/mol. The summed E-state index contributed by atoms with van der Waals surface area (Å²) in [6, 6.07) is 8.13. The number of aryl methyl sites for hydroxylation is 1. The summed E-state index contributed by atoms with van der Waals surface area (Å²) in [5, 5.41) is 5.51. The van der Waals surface area contributed by atoms with E-state index in [9.17, 15) is 4.79 Å². The van der Waals surface area contributed by atoms with Crippen LogP contribution in [0.4, 0.5) is 0 Å². The second-order valence-electron chi connectivity index (χ2n) is 5.47. The van der Waals surface area contributed by atoms with Gasteiger partial charge in [-0.05, 0) is 18.9 Å². The minimum absolute atomic E-state index is 0.270. The van der Waals surface area contributed by atoms with Crippen LogP contribution in [0.3, 0.4) is 0 Å². The van der Waals surface area contributed by atoms with Crippen LogP contribution in [0.5, 0.6) is 0 Å². The van der Waals surface area contributed by atoms with Crippen molar-refractivity contribution in [2.24, 2.45) is 0 Å². The zero-order valence-electron chi connectivity index (χ0n) is 11.8. The van der Waals surface area contributed by atoms with Gasteiger partial charge in [0.1, 0.15) is 0 Å². The third-order valence-corrected chi connectivity index (χ3v) is 4.05. The number of carbonyl (C=O) groups excluding carboxylic acids is 1. The molecule has 1 amide bonds. The molecular formula is C16H21N3O. The Morgan fingerprint density at radius 1 is 1.10 bits per heavy atom. The van der Waals surface area contributed by atoms with Crippen molar-refractivity contribution in [1.82, 2.24) is 14.7 Å². The highest BCUT2D eigenvalue weighted by Crippen LogP contribution is 2.14. The van der Waals surface area contributed by atoms with Crippen molar-refractivity contribution in [3.63, 3.8) is 0 Å². The average Bonchev–Trinajstić information content (AvgIpc) is 2.70. The molecule has 2 heterocycles. The molecule has 1 saturated heterocycles. The number of carbonyl (C=O) groups is 1. The first-order valence-electron chi connectivity index (χ1n) is 7.53. The lowest BCUT2D eigenvalue weighted by Gasteiger charge is -2.20. The van der Waals surface area contributed by atoms with Gasteiger partial charge in [0.15, 0.2) is 0 Å². The van der Waals surface area contributed by atoms with Gasteiger partial charge in [0, 0.05) is 24.9 Å². The molecule has 1 aliphatic heterocycles. The lowest BCUT2D eigenvalue weighted by molar-refractivity contribution is -0.131. The molecule has 106 valence electrons. The molecule has 1 fully saturated rings. The average molecular weight is 271 g/mol. The van der Waals surface area contributed by atoms with Crippen LogP contribution in [0.25, 0.3) is 10.9 Å². The van der Waals surface area contributed by atoms with E-state index in [0.717, 1.165) is 36.8 Å². The summed E-state index contributed by atoms with van der Waals surface area (Å²) >= 11 is 0. The van der Waals surface area contributed by atoms with Crippen molar-refractivity contribution in [1.29, 1.82) is 0 Å². The van der Waals surface area contributed by atoms with E-state index >= 15 is 0 Å². The quantitative estimate of drug-likeness (QED) is 0.861. The fourth-order valence-corrected chi connectivity index (χ4v) is 2.88. The molecule has 0 aliphatic carbocycles. The molecule has 0 N–H and O–H groups in total. The van der Waals surface area contributed by atoms with Crippen molar-refractivity contribution < 1.29 is 4.79 Å². The van der Waals surface area contributed by atoms with E-state index in [-0.39, 0.29) is 5.91 Å². The summed E-state index contributed by atoms with van der Waals surface area (Å²) in [4.78, 5) is 14.3. The number of aromatic nitrogens is 2. The zero-order chi connectivity index (χ0) is 13.8. The molecule has 0 spiro atoms. The van der Waals surface area contributed by atoms with Gasteiger partial charge in [0.05, 0.1) is 18.3 Å². The summed E-state index contributed by atoms with van der Waals surface area (Å²) in [7, 11) is 0. The maximum absolute atomic E-state index is 12.3. The Morgan fingerprint density at radius 3 is 2.65 bits per heavy atom. The monoisotopic (exact) mass is 271 g/mol. The van der Waals surface area contributed by atoms with E-state index in [0.29, 0.717) is 13.0 Å². The summed E-state index contributed by atoms with van der Waals surface area (Å²) in [6.45, 7) is 2.53. The zero-order valence-corrected chi connectivity index (χ0v) is 11.8. The Balaban J connectivity index is 1.62. The first-order valence-corrected chi connectivity index (χ1v) is 7.53. The van der Waals surface area contributed by atoms with Gasteiger partial charge in [-0.25, -0.2) is 0 Å². The molecule has 0 unspecified atom stereocenters. The maximum Gasteiger partial charge on any atom is 0.224 e. The summed E-state index contributed by atoms with van der Waals surface area (Å²) in [5.74, 6) is 0.270. The van der Waals surface area contributed by atoms with Crippen molar-refractivity contribution in [3.05, 3.63) is 30.5 Å². The predicted molar refractivity (Wildman–Crippen MR) is 79.4 cm³/mol. The number of rotatable bonds is 3.